The van der Waals surface area contributed by atoms with E-state index in [-0.39, 0.29) is 11.9 Å². The molecule has 0 fully saturated rings. The highest BCUT2D eigenvalue weighted by molar-refractivity contribution is 5.92. The normalized spacial score (nSPS) is 12.3. The van der Waals surface area contributed by atoms with Crippen molar-refractivity contribution in [3.05, 3.63) is 83.4 Å². The molecule has 0 saturated heterocycles. The zero-order valence-corrected chi connectivity index (χ0v) is 15.2. The van der Waals surface area contributed by atoms with Gasteiger partial charge in [0.2, 0.25) is 5.91 Å². The van der Waals surface area contributed by atoms with Crippen LogP contribution < -0.4 is 5.32 Å². The molecule has 0 bridgehead atoms. The van der Waals surface area contributed by atoms with Crippen molar-refractivity contribution in [2.45, 2.75) is 26.8 Å². The van der Waals surface area contributed by atoms with Crippen LogP contribution >= 0.6 is 0 Å². The van der Waals surface area contributed by atoms with Gasteiger partial charge in [-0.25, -0.2) is 4.68 Å². The number of pyridine rings is 1. The number of carbonyl (C=O) groups is 1. The third-order valence-corrected chi connectivity index (χ3v) is 4.29. The van der Waals surface area contributed by atoms with Crippen molar-refractivity contribution in [1.82, 2.24) is 20.1 Å². The third kappa shape index (κ3) is 3.88. The predicted molar refractivity (Wildman–Crippen MR) is 103 cm³/mol. The van der Waals surface area contributed by atoms with E-state index in [9.17, 15) is 4.79 Å². The summed E-state index contributed by atoms with van der Waals surface area (Å²) in [5.74, 6) is -0.146. The average molecular weight is 346 g/mol. The van der Waals surface area contributed by atoms with E-state index in [0.29, 0.717) is 0 Å². The first-order valence-corrected chi connectivity index (χ1v) is 8.56. The van der Waals surface area contributed by atoms with E-state index in [0.717, 1.165) is 28.2 Å². The van der Waals surface area contributed by atoms with Gasteiger partial charge in [-0.05, 0) is 50.6 Å². The molecule has 1 atom stereocenters. The highest BCUT2D eigenvalue weighted by atomic mass is 16.1. The molecule has 0 radical (unpaired) electrons. The van der Waals surface area contributed by atoms with Crippen LogP contribution in [0.5, 0.6) is 0 Å². The molecule has 0 aliphatic heterocycles. The van der Waals surface area contributed by atoms with Crippen molar-refractivity contribution in [2.24, 2.45) is 0 Å². The smallest absolute Gasteiger partial charge is 0.244 e. The van der Waals surface area contributed by atoms with Gasteiger partial charge in [0.15, 0.2) is 0 Å². The lowest BCUT2D eigenvalue weighted by atomic mass is 10.1. The van der Waals surface area contributed by atoms with Crippen molar-refractivity contribution in [3.63, 3.8) is 0 Å². The summed E-state index contributed by atoms with van der Waals surface area (Å²) in [6.07, 6.45) is 6.85. The van der Waals surface area contributed by atoms with Gasteiger partial charge >= 0.3 is 0 Å². The summed E-state index contributed by atoms with van der Waals surface area (Å²) >= 11 is 0. The van der Waals surface area contributed by atoms with Gasteiger partial charge in [-0.2, -0.15) is 5.10 Å². The second-order valence-electron chi connectivity index (χ2n) is 6.18. The van der Waals surface area contributed by atoms with Crippen molar-refractivity contribution in [3.8, 4) is 5.69 Å². The van der Waals surface area contributed by atoms with Crippen molar-refractivity contribution >= 4 is 12.0 Å². The van der Waals surface area contributed by atoms with E-state index in [1.807, 2.05) is 74.0 Å². The van der Waals surface area contributed by atoms with Crippen LogP contribution in [0.3, 0.4) is 0 Å². The molecule has 1 aromatic carbocycles. The van der Waals surface area contributed by atoms with Gasteiger partial charge in [-0.15, -0.1) is 0 Å². The van der Waals surface area contributed by atoms with Crippen molar-refractivity contribution in [2.75, 3.05) is 0 Å². The van der Waals surface area contributed by atoms with Crippen LogP contribution in [0.4, 0.5) is 0 Å². The number of para-hydroxylation sites is 1. The zero-order valence-electron chi connectivity index (χ0n) is 15.2. The molecular weight excluding hydrogens is 324 g/mol. The number of nitrogens with one attached hydrogen (secondary N) is 1. The minimum atomic E-state index is -0.146. The fourth-order valence-electron chi connectivity index (χ4n) is 2.85. The molecule has 2 heterocycles. The molecular formula is C21H22N4O. The Labute approximate surface area is 153 Å². The number of hydrogen-bond acceptors (Lipinski definition) is 3. The molecule has 3 rings (SSSR count). The Balaban J connectivity index is 1.74. The van der Waals surface area contributed by atoms with Gasteiger partial charge in [-0.3, -0.25) is 9.78 Å². The minimum absolute atomic E-state index is 0.102. The lowest BCUT2D eigenvalue weighted by molar-refractivity contribution is -0.117. The van der Waals surface area contributed by atoms with Gasteiger partial charge < -0.3 is 5.32 Å². The van der Waals surface area contributed by atoms with Crippen LogP contribution in [-0.2, 0) is 4.79 Å². The fraction of sp³-hybridized carbons (Fsp3) is 0.190. The van der Waals surface area contributed by atoms with Crippen molar-refractivity contribution in [1.29, 1.82) is 0 Å². The molecule has 26 heavy (non-hydrogen) atoms. The standard InChI is InChI=1S/C21H22N4O/c1-15(18-8-7-13-22-14-18)23-21(26)12-11-20-16(2)24-25(17(20)3)19-9-5-4-6-10-19/h4-15H,1-3H3,(H,23,26)/b12-11+. The van der Waals surface area contributed by atoms with E-state index < -0.39 is 0 Å². The topological polar surface area (TPSA) is 59.8 Å². The molecule has 2 aromatic heterocycles. The van der Waals surface area contributed by atoms with Gasteiger partial charge in [0, 0.05) is 29.7 Å². The third-order valence-electron chi connectivity index (χ3n) is 4.29. The Kier molecular flexibility index (Phi) is 5.27. The number of rotatable bonds is 5. The zero-order chi connectivity index (χ0) is 18.5. The Hall–Kier alpha value is -3.21. The number of amides is 1. The Bertz CT molecular complexity index is 914. The van der Waals surface area contributed by atoms with Crippen LogP contribution in [-0.4, -0.2) is 20.7 Å². The predicted octanol–water partition coefficient (Wildman–Crippen LogP) is 3.77. The molecule has 5 heteroatoms. The summed E-state index contributed by atoms with van der Waals surface area (Å²) in [5.41, 5.74) is 4.81. The van der Waals surface area contributed by atoms with Crippen LogP contribution in [0.25, 0.3) is 11.8 Å². The maximum atomic E-state index is 12.3. The highest BCUT2D eigenvalue weighted by Crippen LogP contribution is 2.19. The molecule has 0 saturated carbocycles. The molecule has 0 spiro atoms. The number of aryl methyl sites for hydroxylation is 1. The Morgan fingerprint density at radius 1 is 1.15 bits per heavy atom. The summed E-state index contributed by atoms with van der Waals surface area (Å²) < 4.78 is 1.89. The van der Waals surface area contributed by atoms with E-state index in [2.05, 4.69) is 15.4 Å². The first-order valence-electron chi connectivity index (χ1n) is 8.56. The monoisotopic (exact) mass is 346 g/mol. The van der Waals surface area contributed by atoms with Crippen LogP contribution in [0.1, 0.15) is 35.5 Å². The lowest BCUT2D eigenvalue weighted by Gasteiger charge is -2.12. The van der Waals surface area contributed by atoms with Crippen molar-refractivity contribution < 1.29 is 4.79 Å². The molecule has 5 nitrogen and oxygen atoms in total. The van der Waals surface area contributed by atoms with Gasteiger partial charge in [-0.1, -0.05) is 24.3 Å². The van der Waals surface area contributed by atoms with Gasteiger partial charge in [0.25, 0.3) is 0 Å². The minimum Gasteiger partial charge on any atom is -0.346 e. The van der Waals surface area contributed by atoms with Crippen LogP contribution in [0.2, 0.25) is 0 Å². The summed E-state index contributed by atoms with van der Waals surface area (Å²) in [5, 5.41) is 7.54. The van der Waals surface area contributed by atoms with E-state index in [1.165, 1.54) is 0 Å². The van der Waals surface area contributed by atoms with E-state index >= 15 is 0 Å². The summed E-state index contributed by atoms with van der Waals surface area (Å²) in [6, 6.07) is 13.7. The molecule has 1 N–H and O–H groups in total. The lowest BCUT2D eigenvalue weighted by Crippen LogP contribution is -2.24. The molecule has 0 aliphatic carbocycles. The number of aromatic nitrogens is 3. The Morgan fingerprint density at radius 3 is 2.62 bits per heavy atom. The largest absolute Gasteiger partial charge is 0.346 e. The second kappa shape index (κ2) is 7.78. The van der Waals surface area contributed by atoms with Crippen LogP contribution in [0, 0.1) is 13.8 Å². The SMILES string of the molecule is Cc1nn(-c2ccccc2)c(C)c1/C=C/C(=O)NC(C)c1cccnc1. The fourth-order valence-corrected chi connectivity index (χ4v) is 2.85. The van der Waals surface area contributed by atoms with Crippen LogP contribution in [0.15, 0.2) is 60.9 Å². The second-order valence-corrected chi connectivity index (χ2v) is 6.18. The molecule has 0 aliphatic rings. The Morgan fingerprint density at radius 2 is 1.92 bits per heavy atom. The average Bonchev–Trinajstić information content (AvgIpc) is 2.95. The maximum absolute atomic E-state index is 12.3. The number of benzene rings is 1. The summed E-state index contributed by atoms with van der Waals surface area (Å²) in [4.78, 5) is 16.3. The quantitative estimate of drug-likeness (QED) is 0.715. The van der Waals surface area contributed by atoms with Gasteiger partial charge in [0.05, 0.1) is 17.4 Å². The molecule has 3 aromatic rings. The summed E-state index contributed by atoms with van der Waals surface area (Å²) in [7, 11) is 0. The summed E-state index contributed by atoms with van der Waals surface area (Å²) in [6.45, 7) is 5.89. The number of hydrogen-bond donors (Lipinski definition) is 1. The number of nitrogens with zero attached hydrogens (tertiary/aromatic N) is 3. The molecule has 132 valence electrons. The molecule has 1 unspecified atom stereocenters. The first kappa shape index (κ1) is 17.6. The maximum Gasteiger partial charge on any atom is 0.244 e. The van der Waals surface area contributed by atoms with E-state index in [1.54, 1.807) is 18.5 Å². The molecule has 1 amide bonds. The first-order chi connectivity index (χ1) is 12.6. The van der Waals surface area contributed by atoms with E-state index in [4.69, 9.17) is 0 Å². The highest BCUT2D eigenvalue weighted by Gasteiger charge is 2.11. The number of carbonyl (C=O) groups excluding carboxylic acids is 1. The van der Waals surface area contributed by atoms with Gasteiger partial charge in [0.1, 0.15) is 0 Å².